The zero-order valence-electron chi connectivity index (χ0n) is 7.98. The molecule has 0 fully saturated rings. The molecular formula is C9H12BrNO3S. The molecule has 1 aromatic carbocycles. The molecule has 0 aliphatic carbocycles. The van der Waals surface area contributed by atoms with Gasteiger partial charge in [-0.15, -0.1) is 0 Å². The third-order valence-electron chi connectivity index (χ3n) is 1.75. The van der Waals surface area contributed by atoms with Crippen LogP contribution in [-0.4, -0.2) is 25.3 Å². The Bertz CT molecular complexity index is 419. The molecule has 1 rings (SSSR count). The Morgan fingerprint density at radius 1 is 1.40 bits per heavy atom. The van der Waals surface area contributed by atoms with E-state index in [4.69, 9.17) is 4.55 Å². The fraction of sp³-hybridized carbons (Fsp3) is 0.333. The van der Waals surface area contributed by atoms with Crippen molar-refractivity contribution in [1.82, 2.24) is 5.32 Å². The summed E-state index contributed by atoms with van der Waals surface area (Å²) in [5.41, 5.74) is 1.06. The zero-order chi connectivity index (χ0) is 11.3. The molecule has 0 unspecified atom stereocenters. The standard InChI is InChI=1S/C9H12BrNO3S/c10-9-3-1-2-8(6-9)7-11-4-5-15(12,13)14/h1-3,6,11H,4-5,7H2,(H,12,13,14). The van der Waals surface area contributed by atoms with Crippen molar-refractivity contribution in [3.8, 4) is 0 Å². The van der Waals surface area contributed by atoms with E-state index in [1.165, 1.54) is 0 Å². The maximum Gasteiger partial charge on any atom is 0.266 e. The van der Waals surface area contributed by atoms with Crippen LogP contribution in [0.15, 0.2) is 28.7 Å². The van der Waals surface area contributed by atoms with Crippen LogP contribution in [0.1, 0.15) is 5.56 Å². The predicted octanol–water partition coefficient (Wildman–Crippen LogP) is 1.43. The maximum atomic E-state index is 10.4. The second kappa shape index (κ2) is 5.60. The van der Waals surface area contributed by atoms with Crippen LogP contribution in [0.4, 0.5) is 0 Å². The fourth-order valence-electron chi connectivity index (χ4n) is 1.08. The highest BCUT2D eigenvalue weighted by Crippen LogP contribution is 2.11. The SMILES string of the molecule is O=S(=O)(O)CCNCc1cccc(Br)c1. The fourth-order valence-corrected chi connectivity index (χ4v) is 1.93. The van der Waals surface area contributed by atoms with Crippen molar-refractivity contribution in [2.45, 2.75) is 6.54 Å². The molecule has 84 valence electrons. The lowest BCUT2D eigenvalue weighted by Crippen LogP contribution is -2.22. The maximum absolute atomic E-state index is 10.4. The molecule has 0 bridgehead atoms. The topological polar surface area (TPSA) is 66.4 Å². The Kier molecular flexibility index (Phi) is 4.72. The van der Waals surface area contributed by atoms with Crippen LogP contribution < -0.4 is 5.32 Å². The van der Waals surface area contributed by atoms with Crippen LogP contribution in [0.2, 0.25) is 0 Å². The Balaban J connectivity index is 2.32. The number of hydrogen-bond donors (Lipinski definition) is 2. The van der Waals surface area contributed by atoms with E-state index in [1.54, 1.807) is 0 Å². The minimum absolute atomic E-state index is 0.241. The zero-order valence-corrected chi connectivity index (χ0v) is 10.4. The Morgan fingerprint density at radius 3 is 2.73 bits per heavy atom. The molecule has 0 aliphatic heterocycles. The van der Waals surface area contributed by atoms with Crippen LogP contribution in [0.3, 0.4) is 0 Å². The third kappa shape index (κ3) is 5.88. The Hall–Kier alpha value is -0.430. The van der Waals surface area contributed by atoms with Crippen LogP contribution in [0, 0.1) is 0 Å². The summed E-state index contributed by atoms with van der Waals surface area (Å²) in [6, 6.07) is 7.71. The first-order valence-corrected chi connectivity index (χ1v) is 6.78. The number of benzene rings is 1. The Morgan fingerprint density at radius 2 is 2.13 bits per heavy atom. The van der Waals surface area contributed by atoms with Gasteiger partial charge in [0.15, 0.2) is 0 Å². The van der Waals surface area contributed by atoms with Crippen molar-refractivity contribution in [2.75, 3.05) is 12.3 Å². The van der Waals surface area contributed by atoms with Gasteiger partial charge in [0, 0.05) is 17.6 Å². The highest BCUT2D eigenvalue weighted by Gasteiger charge is 2.02. The van der Waals surface area contributed by atoms with Crippen LogP contribution in [-0.2, 0) is 16.7 Å². The highest BCUT2D eigenvalue weighted by molar-refractivity contribution is 9.10. The van der Waals surface area contributed by atoms with Crippen molar-refractivity contribution in [1.29, 1.82) is 0 Å². The van der Waals surface area contributed by atoms with E-state index in [2.05, 4.69) is 21.2 Å². The first-order valence-electron chi connectivity index (χ1n) is 4.38. The first-order chi connectivity index (χ1) is 6.97. The molecule has 0 amide bonds. The Labute approximate surface area is 97.6 Å². The normalized spacial score (nSPS) is 11.6. The number of rotatable bonds is 5. The van der Waals surface area contributed by atoms with Crippen molar-refractivity contribution in [3.05, 3.63) is 34.3 Å². The summed E-state index contributed by atoms with van der Waals surface area (Å²) in [6.07, 6.45) is 0. The first kappa shape index (κ1) is 12.6. The number of nitrogens with one attached hydrogen (secondary N) is 1. The highest BCUT2D eigenvalue weighted by atomic mass is 79.9. The van der Waals surface area contributed by atoms with Crippen LogP contribution in [0.25, 0.3) is 0 Å². The van der Waals surface area contributed by atoms with Gasteiger partial charge in [-0.3, -0.25) is 4.55 Å². The molecule has 6 heteroatoms. The summed E-state index contributed by atoms with van der Waals surface area (Å²) in [6.45, 7) is 0.820. The molecular weight excluding hydrogens is 282 g/mol. The molecule has 0 aliphatic rings. The van der Waals surface area contributed by atoms with Crippen molar-refractivity contribution in [3.63, 3.8) is 0 Å². The lowest BCUT2D eigenvalue weighted by Gasteiger charge is -2.03. The van der Waals surface area contributed by atoms with Gasteiger partial charge in [-0.05, 0) is 17.7 Å². The van der Waals surface area contributed by atoms with E-state index in [0.29, 0.717) is 6.54 Å². The smallest absolute Gasteiger partial charge is 0.266 e. The van der Waals surface area contributed by atoms with E-state index in [9.17, 15) is 8.42 Å². The van der Waals surface area contributed by atoms with Crippen molar-refractivity contribution >= 4 is 26.0 Å². The minimum Gasteiger partial charge on any atom is -0.312 e. The van der Waals surface area contributed by atoms with Crippen molar-refractivity contribution in [2.24, 2.45) is 0 Å². The van der Waals surface area contributed by atoms with Gasteiger partial charge in [0.1, 0.15) is 0 Å². The third-order valence-corrected chi connectivity index (χ3v) is 2.97. The second-order valence-electron chi connectivity index (χ2n) is 3.09. The van der Waals surface area contributed by atoms with Gasteiger partial charge in [0.05, 0.1) is 5.75 Å². The average Bonchev–Trinajstić information content (AvgIpc) is 2.11. The summed E-state index contributed by atoms with van der Waals surface area (Å²) in [4.78, 5) is 0. The van der Waals surface area contributed by atoms with E-state index in [1.807, 2.05) is 24.3 Å². The van der Waals surface area contributed by atoms with Crippen LogP contribution >= 0.6 is 15.9 Å². The largest absolute Gasteiger partial charge is 0.312 e. The summed E-state index contributed by atoms with van der Waals surface area (Å²) in [5, 5.41) is 2.93. The lowest BCUT2D eigenvalue weighted by atomic mass is 10.2. The van der Waals surface area contributed by atoms with Gasteiger partial charge < -0.3 is 5.32 Å². The molecule has 0 spiro atoms. The molecule has 0 radical (unpaired) electrons. The second-order valence-corrected chi connectivity index (χ2v) is 5.58. The molecule has 0 saturated heterocycles. The van der Waals surface area contributed by atoms with E-state index < -0.39 is 10.1 Å². The monoisotopic (exact) mass is 293 g/mol. The number of halogens is 1. The van der Waals surface area contributed by atoms with E-state index >= 15 is 0 Å². The van der Waals surface area contributed by atoms with Crippen LogP contribution in [0.5, 0.6) is 0 Å². The van der Waals surface area contributed by atoms with Gasteiger partial charge in [-0.1, -0.05) is 28.1 Å². The molecule has 4 nitrogen and oxygen atoms in total. The van der Waals surface area contributed by atoms with E-state index in [0.717, 1.165) is 10.0 Å². The summed E-state index contributed by atoms with van der Waals surface area (Å²) >= 11 is 3.34. The molecule has 1 aromatic rings. The van der Waals surface area contributed by atoms with Gasteiger partial charge >= 0.3 is 0 Å². The molecule has 0 aromatic heterocycles. The number of hydrogen-bond acceptors (Lipinski definition) is 3. The van der Waals surface area contributed by atoms with Gasteiger partial charge in [-0.2, -0.15) is 8.42 Å². The van der Waals surface area contributed by atoms with E-state index in [-0.39, 0.29) is 12.3 Å². The molecule has 2 N–H and O–H groups in total. The predicted molar refractivity (Wildman–Crippen MR) is 62.3 cm³/mol. The average molecular weight is 294 g/mol. The summed E-state index contributed by atoms with van der Waals surface area (Å²) in [5.74, 6) is -0.263. The quantitative estimate of drug-likeness (QED) is 0.637. The minimum atomic E-state index is -3.86. The van der Waals surface area contributed by atoms with Crippen molar-refractivity contribution < 1.29 is 13.0 Å². The molecule has 15 heavy (non-hydrogen) atoms. The van der Waals surface area contributed by atoms with Gasteiger partial charge in [-0.25, -0.2) is 0 Å². The lowest BCUT2D eigenvalue weighted by molar-refractivity contribution is 0.480. The molecule has 0 atom stereocenters. The summed E-state index contributed by atoms with van der Waals surface area (Å²) in [7, 11) is -3.86. The molecule has 0 heterocycles. The van der Waals surface area contributed by atoms with Gasteiger partial charge in [0.25, 0.3) is 10.1 Å². The van der Waals surface area contributed by atoms with Gasteiger partial charge in [0.2, 0.25) is 0 Å². The summed E-state index contributed by atoms with van der Waals surface area (Å²) < 4.78 is 30.3. The molecule has 0 saturated carbocycles.